The van der Waals surface area contributed by atoms with Gasteiger partial charge >= 0.3 is 5.97 Å². The average molecular weight is 278 g/mol. The van der Waals surface area contributed by atoms with E-state index in [1.807, 2.05) is 19.1 Å². The minimum absolute atomic E-state index is 0.0262. The van der Waals surface area contributed by atoms with Crippen molar-refractivity contribution in [1.82, 2.24) is 9.55 Å². The zero-order valence-corrected chi connectivity index (χ0v) is 12.4. The normalized spacial score (nSPS) is 12.0. The lowest BCUT2D eigenvalue weighted by Gasteiger charge is -2.24. The topological polar surface area (TPSA) is 55.1 Å². The number of thioether (sulfide) groups is 1. The van der Waals surface area contributed by atoms with Crippen molar-refractivity contribution in [2.24, 2.45) is 0 Å². The Bertz CT molecular complexity index is 626. The number of carboxylic acids is 1. The zero-order chi connectivity index (χ0) is 14.2. The highest BCUT2D eigenvalue weighted by atomic mass is 32.2. The van der Waals surface area contributed by atoms with Gasteiger partial charge in [-0.05, 0) is 45.4 Å². The van der Waals surface area contributed by atoms with Crippen molar-refractivity contribution in [3.8, 4) is 0 Å². The Morgan fingerprint density at radius 2 is 2.11 bits per heavy atom. The molecule has 1 heterocycles. The van der Waals surface area contributed by atoms with Crippen LogP contribution in [0.2, 0.25) is 0 Å². The van der Waals surface area contributed by atoms with Crippen LogP contribution in [0.1, 0.15) is 26.3 Å². The van der Waals surface area contributed by atoms with E-state index < -0.39 is 5.97 Å². The summed E-state index contributed by atoms with van der Waals surface area (Å²) in [6.07, 6.45) is 0. The van der Waals surface area contributed by atoms with Gasteiger partial charge in [0.05, 0.1) is 16.8 Å². The number of hydrogen-bond acceptors (Lipinski definition) is 3. The Hall–Kier alpha value is -1.49. The second-order valence-corrected chi connectivity index (χ2v) is 6.52. The Balaban J connectivity index is 2.59. The molecule has 0 aliphatic carbocycles. The number of imidazole rings is 1. The number of aryl methyl sites for hydroxylation is 1. The minimum atomic E-state index is -0.825. The van der Waals surface area contributed by atoms with Crippen molar-refractivity contribution in [3.05, 3.63) is 23.8 Å². The van der Waals surface area contributed by atoms with Crippen LogP contribution in [0, 0.1) is 6.92 Å². The van der Waals surface area contributed by atoms with E-state index >= 15 is 0 Å². The van der Waals surface area contributed by atoms with Crippen molar-refractivity contribution in [2.45, 2.75) is 38.4 Å². The van der Waals surface area contributed by atoms with Crippen LogP contribution < -0.4 is 0 Å². The van der Waals surface area contributed by atoms with E-state index in [1.165, 1.54) is 17.3 Å². The largest absolute Gasteiger partial charge is 0.481 e. The van der Waals surface area contributed by atoms with Crippen molar-refractivity contribution in [1.29, 1.82) is 0 Å². The standard InChI is InChI=1S/C14H18N2O2S/c1-9-5-6-10-11(7-9)16(14(2,3)4)13(15-10)19-8-12(17)18/h5-7H,8H2,1-4H3,(H,17,18). The Kier molecular flexibility index (Phi) is 3.58. The van der Waals surface area contributed by atoms with Crippen molar-refractivity contribution in [3.63, 3.8) is 0 Å². The highest BCUT2D eigenvalue weighted by Gasteiger charge is 2.22. The Labute approximate surface area is 116 Å². The van der Waals surface area contributed by atoms with Gasteiger partial charge in [-0.1, -0.05) is 17.8 Å². The summed E-state index contributed by atoms with van der Waals surface area (Å²) in [5.41, 5.74) is 3.00. The Morgan fingerprint density at radius 1 is 1.42 bits per heavy atom. The van der Waals surface area contributed by atoms with Crippen LogP contribution in [-0.4, -0.2) is 26.4 Å². The summed E-state index contributed by atoms with van der Waals surface area (Å²) in [6, 6.07) is 6.10. The summed E-state index contributed by atoms with van der Waals surface area (Å²) >= 11 is 1.27. The molecule has 0 amide bonds. The predicted molar refractivity (Wildman–Crippen MR) is 77.8 cm³/mol. The molecule has 1 aromatic heterocycles. The molecule has 2 rings (SSSR count). The first-order valence-corrected chi connectivity index (χ1v) is 7.12. The number of nitrogens with zero attached hydrogens (tertiary/aromatic N) is 2. The molecule has 0 atom stereocenters. The molecule has 0 bridgehead atoms. The van der Waals surface area contributed by atoms with Gasteiger partial charge in [0.25, 0.3) is 0 Å². The van der Waals surface area contributed by atoms with Gasteiger partial charge < -0.3 is 9.67 Å². The van der Waals surface area contributed by atoms with Crippen molar-refractivity contribution < 1.29 is 9.90 Å². The summed E-state index contributed by atoms with van der Waals surface area (Å²) in [6.45, 7) is 8.34. The van der Waals surface area contributed by atoms with E-state index in [0.29, 0.717) is 0 Å². The third-order valence-electron chi connectivity index (χ3n) is 2.77. The van der Waals surface area contributed by atoms with Crippen molar-refractivity contribution >= 4 is 28.8 Å². The molecule has 0 spiro atoms. The molecule has 5 heteroatoms. The number of aliphatic carboxylic acids is 1. The van der Waals surface area contributed by atoms with Crippen LogP contribution in [0.15, 0.2) is 23.4 Å². The first-order valence-electron chi connectivity index (χ1n) is 6.13. The number of benzene rings is 1. The van der Waals surface area contributed by atoms with Crippen molar-refractivity contribution in [2.75, 3.05) is 5.75 Å². The molecule has 4 nitrogen and oxygen atoms in total. The molecule has 19 heavy (non-hydrogen) atoms. The second kappa shape index (κ2) is 4.89. The molecule has 0 aliphatic rings. The maximum absolute atomic E-state index is 10.7. The molecule has 0 aliphatic heterocycles. The molecule has 0 unspecified atom stereocenters. The van der Waals surface area contributed by atoms with Crippen LogP contribution in [0.3, 0.4) is 0 Å². The van der Waals surface area contributed by atoms with Crippen LogP contribution in [0.25, 0.3) is 11.0 Å². The van der Waals surface area contributed by atoms with Gasteiger partial charge in [-0.2, -0.15) is 0 Å². The van der Waals surface area contributed by atoms with Gasteiger partial charge in [0.1, 0.15) is 0 Å². The van der Waals surface area contributed by atoms with Crippen LogP contribution >= 0.6 is 11.8 Å². The highest BCUT2D eigenvalue weighted by Crippen LogP contribution is 2.31. The van der Waals surface area contributed by atoms with Gasteiger partial charge in [0.15, 0.2) is 5.16 Å². The summed E-state index contributed by atoms with van der Waals surface area (Å²) in [7, 11) is 0. The van der Waals surface area contributed by atoms with E-state index in [9.17, 15) is 4.79 Å². The fourth-order valence-corrected chi connectivity index (χ4v) is 2.95. The zero-order valence-electron chi connectivity index (χ0n) is 11.6. The lowest BCUT2D eigenvalue weighted by Crippen LogP contribution is -2.22. The molecule has 1 aromatic carbocycles. The highest BCUT2D eigenvalue weighted by molar-refractivity contribution is 7.99. The molecule has 0 radical (unpaired) electrons. The molecular formula is C14H18N2O2S. The minimum Gasteiger partial charge on any atom is -0.481 e. The molecule has 0 saturated heterocycles. The summed E-state index contributed by atoms with van der Waals surface area (Å²) in [5, 5.41) is 9.59. The maximum atomic E-state index is 10.7. The van der Waals surface area contributed by atoms with Gasteiger partial charge in [-0.15, -0.1) is 0 Å². The number of carbonyl (C=O) groups is 1. The number of carboxylic acid groups (broad SMARTS) is 1. The lowest BCUT2D eigenvalue weighted by molar-refractivity contribution is -0.133. The van der Waals surface area contributed by atoms with Gasteiger partial charge in [-0.3, -0.25) is 4.79 Å². The molecule has 102 valence electrons. The van der Waals surface area contributed by atoms with E-state index in [1.54, 1.807) is 0 Å². The molecule has 1 N–H and O–H groups in total. The first-order chi connectivity index (χ1) is 8.79. The summed E-state index contributed by atoms with van der Waals surface area (Å²) < 4.78 is 2.11. The molecular weight excluding hydrogens is 260 g/mol. The first kappa shape index (κ1) is 13.9. The van der Waals surface area contributed by atoms with Crippen LogP contribution in [-0.2, 0) is 10.3 Å². The second-order valence-electron chi connectivity index (χ2n) is 5.58. The van der Waals surface area contributed by atoms with Crippen LogP contribution in [0.5, 0.6) is 0 Å². The summed E-state index contributed by atoms with van der Waals surface area (Å²) in [5.74, 6) is -0.799. The van der Waals surface area contributed by atoms with Gasteiger partial charge in [0.2, 0.25) is 0 Å². The predicted octanol–water partition coefficient (Wildman–Crippen LogP) is 3.28. The van der Waals surface area contributed by atoms with E-state index in [0.717, 1.165) is 16.2 Å². The Morgan fingerprint density at radius 3 is 2.68 bits per heavy atom. The average Bonchev–Trinajstić information content (AvgIpc) is 2.63. The number of fused-ring (bicyclic) bond motifs is 1. The molecule has 0 saturated carbocycles. The number of hydrogen-bond donors (Lipinski definition) is 1. The maximum Gasteiger partial charge on any atom is 0.313 e. The van der Waals surface area contributed by atoms with E-state index in [-0.39, 0.29) is 11.3 Å². The smallest absolute Gasteiger partial charge is 0.313 e. The third kappa shape index (κ3) is 2.92. The summed E-state index contributed by atoms with van der Waals surface area (Å²) in [4.78, 5) is 15.3. The quantitative estimate of drug-likeness (QED) is 0.875. The van der Waals surface area contributed by atoms with Gasteiger partial charge in [0, 0.05) is 5.54 Å². The third-order valence-corrected chi connectivity index (χ3v) is 3.70. The fraction of sp³-hybridized carbons (Fsp3) is 0.429. The monoisotopic (exact) mass is 278 g/mol. The SMILES string of the molecule is Cc1ccc2nc(SCC(=O)O)n(C(C)(C)C)c2c1. The molecule has 2 aromatic rings. The van der Waals surface area contributed by atoms with Crippen LogP contribution in [0.4, 0.5) is 0 Å². The van der Waals surface area contributed by atoms with Gasteiger partial charge in [-0.25, -0.2) is 4.98 Å². The number of rotatable bonds is 3. The van der Waals surface area contributed by atoms with E-state index in [2.05, 4.69) is 36.4 Å². The van der Waals surface area contributed by atoms with E-state index in [4.69, 9.17) is 5.11 Å². The lowest BCUT2D eigenvalue weighted by atomic mass is 10.1. The molecule has 0 fully saturated rings. The number of aromatic nitrogens is 2. The fourth-order valence-electron chi connectivity index (χ4n) is 2.03.